The molecule has 2 aliphatic rings. The van der Waals surface area contributed by atoms with E-state index < -0.39 is 24.9 Å². The molecule has 0 unspecified atom stereocenters. The molecule has 0 aromatic rings. The molecule has 2 atom stereocenters. The van der Waals surface area contributed by atoms with Gasteiger partial charge in [0.15, 0.2) is 19.7 Å². The van der Waals surface area contributed by atoms with Gasteiger partial charge in [0.25, 0.3) is 0 Å². The molecule has 0 saturated carbocycles. The molecule has 2 aliphatic heterocycles. The van der Waals surface area contributed by atoms with Crippen LogP contribution < -0.4 is 5.32 Å². The van der Waals surface area contributed by atoms with Crippen molar-refractivity contribution in [3.8, 4) is 0 Å². The van der Waals surface area contributed by atoms with Gasteiger partial charge in [0, 0.05) is 16.5 Å². The second-order valence-electron chi connectivity index (χ2n) is 4.47. The Balaban J connectivity index is 1.88. The topological polar surface area (TPSA) is 80.3 Å². The van der Waals surface area contributed by atoms with Crippen LogP contribution in [0.5, 0.6) is 0 Å². The summed E-state index contributed by atoms with van der Waals surface area (Å²) >= 11 is 12.1. The van der Waals surface area contributed by atoms with Gasteiger partial charge in [0.2, 0.25) is 0 Å². The summed E-state index contributed by atoms with van der Waals surface area (Å²) < 4.78 is 45.7. The maximum Gasteiger partial charge on any atom is 0.174 e. The summed E-state index contributed by atoms with van der Waals surface area (Å²) in [5, 5.41) is 3.85. The van der Waals surface area contributed by atoms with Gasteiger partial charge in [-0.05, 0) is 6.42 Å². The van der Waals surface area contributed by atoms with Crippen LogP contribution in [-0.2, 0) is 19.7 Å². The molecular weight excluding hydrogens is 350 g/mol. The summed E-state index contributed by atoms with van der Waals surface area (Å²) in [5.41, 5.74) is 0. The van der Waals surface area contributed by atoms with Gasteiger partial charge in [-0.1, -0.05) is 35.6 Å². The minimum Gasteiger partial charge on any atom is -0.367 e. The molecule has 19 heavy (non-hydrogen) atoms. The van der Waals surface area contributed by atoms with Crippen molar-refractivity contribution in [2.75, 3.05) is 17.3 Å². The first kappa shape index (κ1) is 15.6. The molecule has 108 valence electrons. The summed E-state index contributed by atoms with van der Waals surface area (Å²) in [4.78, 5) is 0. The molecule has 10 heteroatoms. The van der Waals surface area contributed by atoms with Crippen LogP contribution in [0.3, 0.4) is 0 Å². The van der Waals surface area contributed by atoms with Crippen LogP contribution >= 0.6 is 35.6 Å². The van der Waals surface area contributed by atoms with Crippen molar-refractivity contribution in [2.24, 2.45) is 0 Å². The van der Waals surface area contributed by atoms with Crippen LogP contribution in [0.15, 0.2) is 10.4 Å². The Kier molecular flexibility index (Phi) is 4.51. The van der Waals surface area contributed by atoms with E-state index in [2.05, 4.69) is 5.32 Å². The minimum atomic E-state index is -3.23. The maximum atomic E-state index is 11.3. The van der Waals surface area contributed by atoms with Crippen molar-refractivity contribution >= 4 is 59.6 Å². The highest BCUT2D eigenvalue weighted by molar-refractivity contribution is 8.24. The van der Waals surface area contributed by atoms with Gasteiger partial charge in [-0.25, -0.2) is 16.8 Å². The van der Waals surface area contributed by atoms with Crippen LogP contribution in [-0.4, -0.2) is 49.7 Å². The predicted octanol–water partition coefficient (Wildman–Crippen LogP) is 0.658. The molecule has 0 aromatic carbocycles. The molecule has 2 rings (SSSR count). The molecule has 1 saturated heterocycles. The zero-order valence-corrected chi connectivity index (χ0v) is 13.7. The Labute approximate surface area is 127 Å². The highest BCUT2D eigenvalue weighted by atomic mass is 35.5. The first-order valence-electron chi connectivity index (χ1n) is 5.44. The molecule has 0 bridgehead atoms. The monoisotopic (exact) mass is 361 g/mol. The third-order valence-corrected chi connectivity index (χ3v) is 8.25. The van der Waals surface area contributed by atoms with Crippen molar-refractivity contribution in [3.63, 3.8) is 0 Å². The molecular formula is C9H12ClNO4S4. The summed E-state index contributed by atoms with van der Waals surface area (Å²) in [5.74, 6) is 0.165. The van der Waals surface area contributed by atoms with Crippen LogP contribution in [0.4, 0.5) is 0 Å². The number of hydrogen-bond acceptors (Lipinski definition) is 6. The number of halogens is 1. The van der Waals surface area contributed by atoms with E-state index in [1.54, 1.807) is 0 Å². The van der Waals surface area contributed by atoms with Crippen LogP contribution in [0.2, 0.25) is 0 Å². The quantitative estimate of drug-likeness (QED) is 0.723. The lowest BCUT2D eigenvalue weighted by Crippen LogP contribution is -2.34. The molecule has 2 heterocycles. The molecule has 0 radical (unpaired) electrons. The third-order valence-electron chi connectivity index (χ3n) is 2.79. The Hall–Kier alpha value is 0.170. The van der Waals surface area contributed by atoms with Crippen LogP contribution in [0, 0.1) is 0 Å². The lowest BCUT2D eigenvalue weighted by molar-refractivity contribution is 0.600. The Morgan fingerprint density at radius 2 is 2.05 bits per heavy atom. The standard InChI is InChI=1S/C9H12ClNO4S4/c10-7-4-19(14,15)5-8(7)17-9(16)11-6-1-2-18(12,13)3-6/h4,6,8H,1-3,5H2,(H,11,16)/t6-,8-/m0/s1. The predicted molar refractivity (Wildman–Crippen MR) is 81.9 cm³/mol. The number of sulfone groups is 2. The lowest BCUT2D eigenvalue weighted by Gasteiger charge is -2.15. The summed E-state index contributed by atoms with van der Waals surface area (Å²) in [6.07, 6.45) is 0.523. The second kappa shape index (κ2) is 5.51. The Morgan fingerprint density at radius 1 is 1.37 bits per heavy atom. The van der Waals surface area contributed by atoms with Gasteiger partial charge in [0.05, 0.1) is 22.5 Å². The maximum absolute atomic E-state index is 11.3. The van der Waals surface area contributed by atoms with Crippen LogP contribution in [0.25, 0.3) is 0 Å². The van der Waals surface area contributed by atoms with Gasteiger partial charge in [-0.3, -0.25) is 0 Å². The number of thiocarbonyl (C=S) groups is 1. The molecule has 0 amide bonds. The van der Waals surface area contributed by atoms with Crippen molar-refractivity contribution in [3.05, 3.63) is 10.4 Å². The van der Waals surface area contributed by atoms with Crippen molar-refractivity contribution in [2.45, 2.75) is 17.7 Å². The van der Waals surface area contributed by atoms with E-state index >= 15 is 0 Å². The highest BCUT2D eigenvalue weighted by Crippen LogP contribution is 2.31. The lowest BCUT2D eigenvalue weighted by atomic mass is 10.3. The average Bonchev–Trinajstić information content (AvgIpc) is 2.66. The molecule has 1 N–H and O–H groups in total. The summed E-state index contributed by atoms with van der Waals surface area (Å²) in [6.45, 7) is 0. The molecule has 5 nitrogen and oxygen atoms in total. The number of thioether (sulfide) groups is 1. The summed E-state index contributed by atoms with van der Waals surface area (Å²) in [7, 11) is -6.20. The Morgan fingerprint density at radius 3 is 2.53 bits per heavy atom. The van der Waals surface area contributed by atoms with Gasteiger partial charge in [0.1, 0.15) is 4.32 Å². The van der Waals surface area contributed by atoms with Crippen molar-refractivity contribution < 1.29 is 16.8 Å². The summed E-state index contributed by atoms with van der Waals surface area (Å²) in [6, 6.07) is -0.189. The minimum absolute atomic E-state index is 0.0682. The SMILES string of the molecule is O=S1(=O)C=C(Cl)[C@@H](SC(=S)N[C@H]2CCS(=O)(=O)C2)C1. The molecule has 0 aromatic heterocycles. The third kappa shape index (κ3) is 4.32. The number of hydrogen-bond donors (Lipinski definition) is 1. The van der Waals surface area contributed by atoms with Gasteiger partial charge >= 0.3 is 0 Å². The molecule has 1 fully saturated rings. The smallest absolute Gasteiger partial charge is 0.174 e. The number of rotatable bonds is 2. The van der Waals surface area contributed by atoms with Crippen molar-refractivity contribution in [1.82, 2.24) is 5.32 Å². The van der Waals surface area contributed by atoms with E-state index in [1.165, 1.54) is 0 Å². The van der Waals surface area contributed by atoms with E-state index in [9.17, 15) is 16.8 Å². The molecule has 0 aliphatic carbocycles. The van der Waals surface area contributed by atoms with E-state index in [0.29, 0.717) is 10.7 Å². The van der Waals surface area contributed by atoms with E-state index in [4.69, 9.17) is 23.8 Å². The normalized spacial score (nSPS) is 31.9. The largest absolute Gasteiger partial charge is 0.367 e. The van der Waals surface area contributed by atoms with Gasteiger partial charge in [-0.15, -0.1) is 0 Å². The first-order chi connectivity index (χ1) is 8.67. The average molecular weight is 362 g/mol. The highest BCUT2D eigenvalue weighted by Gasteiger charge is 2.32. The zero-order valence-electron chi connectivity index (χ0n) is 9.70. The van der Waals surface area contributed by atoms with Crippen molar-refractivity contribution in [1.29, 1.82) is 0 Å². The van der Waals surface area contributed by atoms with Crippen LogP contribution in [0.1, 0.15) is 6.42 Å². The number of nitrogens with one attached hydrogen (secondary N) is 1. The molecule has 0 spiro atoms. The Bertz CT molecular complexity index is 625. The second-order valence-corrected chi connectivity index (χ2v) is 10.9. The fourth-order valence-electron chi connectivity index (χ4n) is 1.92. The first-order valence-corrected chi connectivity index (χ1v) is 10.6. The van der Waals surface area contributed by atoms with E-state index in [1.807, 2.05) is 0 Å². The van der Waals surface area contributed by atoms with Gasteiger partial charge in [-0.2, -0.15) is 0 Å². The van der Waals surface area contributed by atoms with E-state index in [-0.39, 0.29) is 28.3 Å². The van der Waals surface area contributed by atoms with Gasteiger partial charge < -0.3 is 5.32 Å². The fraction of sp³-hybridized carbons (Fsp3) is 0.667. The fourth-order valence-corrected chi connectivity index (χ4v) is 7.62. The van der Waals surface area contributed by atoms with E-state index in [0.717, 1.165) is 17.2 Å². The zero-order chi connectivity index (χ0) is 14.3.